The molecular formula is C22H24N2OS2. The van der Waals surface area contributed by atoms with Gasteiger partial charge in [-0.3, -0.25) is 0 Å². The lowest BCUT2D eigenvalue weighted by Crippen LogP contribution is -2.02. The predicted octanol–water partition coefficient (Wildman–Crippen LogP) is 6.51. The van der Waals surface area contributed by atoms with Crippen LogP contribution in [0.5, 0.6) is 5.75 Å². The molecule has 2 aromatic carbocycles. The van der Waals surface area contributed by atoms with Gasteiger partial charge in [0.2, 0.25) is 0 Å². The summed E-state index contributed by atoms with van der Waals surface area (Å²) in [6.45, 7) is 5.28. The number of unbranched alkanes of at least 4 members (excludes halogenated alkanes) is 1. The van der Waals surface area contributed by atoms with E-state index >= 15 is 0 Å². The second-order valence-corrected chi connectivity index (χ2v) is 8.72. The molecule has 0 saturated heterocycles. The van der Waals surface area contributed by atoms with E-state index in [-0.39, 0.29) is 0 Å². The highest BCUT2D eigenvalue weighted by Gasteiger charge is 2.15. The Kier molecular flexibility index (Phi) is 5.41. The number of thiophene rings is 1. The fraction of sp³-hybridized carbons (Fsp3) is 0.318. The van der Waals surface area contributed by atoms with E-state index < -0.39 is 0 Å². The number of ether oxygens (including phenoxy) is 1. The van der Waals surface area contributed by atoms with Crippen LogP contribution in [0.4, 0.5) is 0 Å². The third kappa shape index (κ3) is 3.58. The van der Waals surface area contributed by atoms with E-state index in [1.807, 2.05) is 35.2 Å². The third-order valence-corrected chi connectivity index (χ3v) is 6.92. The first-order chi connectivity index (χ1) is 13.2. The van der Waals surface area contributed by atoms with Crippen LogP contribution in [-0.4, -0.2) is 22.4 Å². The molecule has 3 nitrogen and oxygen atoms in total. The molecule has 4 rings (SSSR count). The number of hydrogen-bond donors (Lipinski definition) is 0. The molecule has 140 valence electrons. The van der Waals surface area contributed by atoms with Gasteiger partial charge >= 0.3 is 0 Å². The zero-order valence-electron chi connectivity index (χ0n) is 16.0. The van der Waals surface area contributed by atoms with Gasteiger partial charge in [-0.15, -0.1) is 11.3 Å². The van der Waals surface area contributed by atoms with Crippen LogP contribution < -0.4 is 4.74 Å². The molecule has 0 spiro atoms. The monoisotopic (exact) mass is 396 g/mol. The van der Waals surface area contributed by atoms with Crippen molar-refractivity contribution in [2.24, 2.45) is 0 Å². The van der Waals surface area contributed by atoms with Crippen molar-refractivity contribution in [3.8, 4) is 5.75 Å². The number of aromatic nitrogens is 2. The standard InChI is InChI=1S/C22H24N2OS2/c1-4-5-11-26-22-23-18-12-17(25-3)9-10-19(18)24(22)13-16-14-27-20-8-6-7-15(2)21(16)20/h6-10,12,14H,4-5,11,13H2,1-3H3. The molecule has 0 bridgehead atoms. The van der Waals surface area contributed by atoms with Gasteiger partial charge in [0.05, 0.1) is 24.7 Å². The van der Waals surface area contributed by atoms with Crippen LogP contribution >= 0.6 is 23.1 Å². The average Bonchev–Trinajstić information content (AvgIpc) is 3.24. The molecule has 2 aromatic heterocycles. The Morgan fingerprint density at radius 3 is 2.93 bits per heavy atom. The molecule has 0 atom stereocenters. The van der Waals surface area contributed by atoms with Crippen LogP contribution in [-0.2, 0) is 6.54 Å². The Bertz CT molecular complexity index is 1080. The Morgan fingerprint density at radius 1 is 1.22 bits per heavy atom. The van der Waals surface area contributed by atoms with E-state index in [0.717, 1.165) is 28.7 Å². The number of thioether (sulfide) groups is 1. The maximum atomic E-state index is 5.39. The summed E-state index contributed by atoms with van der Waals surface area (Å²) in [5, 5.41) is 4.79. The zero-order valence-corrected chi connectivity index (χ0v) is 17.6. The molecule has 27 heavy (non-hydrogen) atoms. The van der Waals surface area contributed by atoms with Gasteiger partial charge in [0.1, 0.15) is 5.75 Å². The third-order valence-electron chi connectivity index (χ3n) is 4.86. The van der Waals surface area contributed by atoms with Crippen molar-refractivity contribution < 1.29 is 4.74 Å². The van der Waals surface area contributed by atoms with Crippen molar-refractivity contribution in [2.75, 3.05) is 12.9 Å². The second kappa shape index (κ2) is 7.95. The Labute approximate surface area is 168 Å². The van der Waals surface area contributed by atoms with Crippen LogP contribution in [0.1, 0.15) is 30.9 Å². The number of fused-ring (bicyclic) bond motifs is 2. The minimum Gasteiger partial charge on any atom is -0.497 e. The number of benzene rings is 2. The van der Waals surface area contributed by atoms with Crippen molar-refractivity contribution in [3.05, 3.63) is 52.9 Å². The summed E-state index contributed by atoms with van der Waals surface area (Å²) in [5.74, 6) is 1.95. The Morgan fingerprint density at radius 2 is 2.11 bits per heavy atom. The van der Waals surface area contributed by atoms with Crippen molar-refractivity contribution in [1.29, 1.82) is 0 Å². The second-order valence-electron chi connectivity index (χ2n) is 6.75. The first-order valence-corrected chi connectivity index (χ1v) is 11.2. The summed E-state index contributed by atoms with van der Waals surface area (Å²) < 4.78 is 9.12. The van der Waals surface area contributed by atoms with Crippen LogP contribution in [0.25, 0.3) is 21.1 Å². The quantitative estimate of drug-likeness (QED) is 0.263. The molecule has 0 amide bonds. The molecule has 0 aliphatic rings. The van der Waals surface area contributed by atoms with E-state index in [1.165, 1.54) is 39.6 Å². The highest BCUT2D eigenvalue weighted by molar-refractivity contribution is 7.99. The first-order valence-electron chi connectivity index (χ1n) is 9.34. The lowest BCUT2D eigenvalue weighted by Gasteiger charge is -2.10. The number of aryl methyl sites for hydroxylation is 1. The van der Waals surface area contributed by atoms with Gasteiger partial charge in [0.25, 0.3) is 0 Å². The SMILES string of the molecule is CCCCSc1nc2cc(OC)ccc2n1Cc1csc2cccc(C)c12. The maximum absolute atomic E-state index is 5.39. The lowest BCUT2D eigenvalue weighted by atomic mass is 10.1. The topological polar surface area (TPSA) is 27.1 Å². The minimum absolute atomic E-state index is 0.849. The highest BCUT2D eigenvalue weighted by Crippen LogP contribution is 2.33. The van der Waals surface area contributed by atoms with Crippen molar-refractivity contribution >= 4 is 44.2 Å². The van der Waals surface area contributed by atoms with Gasteiger partial charge in [-0.25, -0.2) is 4.98 Å². The van der Waals surface area contributed by atoms with E-state index in [1.54, 1.807) is 7.11 Å². The summed E-state index contributed by atoms with van der Waals surface area (Å²) in [7, 11) is 1.70. The maximum Gasteiger partial charge on any atom is 0.169 e. The van der Waals surface area contributed by atoms with Crippen LogP contribution in [0.15, 0.2) is 46.9 Å². The van der Waals surface area contributed by atoms with Gasteiger partial charge < -0.3 is 9.30 Å². The molecule has 0 fully saturated rings. The summed E-state index contributed by atoms with van der Waals surface area (Å²) in [6, 6.07) is 12.7. The van der Waals surface area contributed by atoms with Gasteiger partial charge in [-0.2, -0.15) is 0 Å². The predicted molar refractivity (Wildman–Crippen MR) is 118 cm³/mol. The molecular weight excluding hydrogens is 372 g/mol. The molecule has 0 N–H and O–H groups in total. The van der Waals surface area contributed by atoms with Crippen LogP contribution in [0, 0.1) is 6.92 Å². The van der Waals surface area contributed by atoms with E-state index in [0.29, 0.717) is 0 Å². The minimum atomic E-state index is 0.849. The van der Waals surface area contributed by atoms with E-state index in [9.17, 15) is 0 Å². The summed E-state index contributed by atoms with van der Waals surface area (Å²) in [4.78, 5) is 4.93. The molecule has 5 heteroatoms. The van der Waals surface area contributed by atoms with Crippen molar-refractivity contribution in [3.63, 3.8) is 0 Å². The molecule has 0 saturated carbocycles. The lowest BCUT2D eigenvalue weighted by molar-refractivity contribution is 0.415. The normalized spacial score (nSPS) is 11.5. The molecule has 0 radical (unpaired) electrons. The smallest absolute Gasteiger partial charge is 0.169 e. The largest absolute Gasteiger partial charge is 0.497 e. The van der Waals surface area contributed by atoms with E-state index in [2.05, 4.69) is 48.1 Å². The average molecular weight is 397 g/mol. The van der Waals surface area contributed by atoms with Gasteiger partial charge in [0, 0.05) is 21.9 Å². The van der Waals surface area contributed by atoms with Gasteiger partial charge in [-0.1, -0.05) is 37.2 Å². The summed E-state index contributed by atoms with van der Waals surface area (Å²) in [5.41, 5.74) is 4.89. The fourth-order valence-corrected chi connectivity index (χ4v) is 5.54. The summed E-state index contributed by atoms with van der Waals surface area (Å²) >= 11 is 3.68. The van der Waals surface area contributed by atoms with Crippen LogP contribution in [0.3, 0.4) is 0 Å². The zero-order chi connectivity index (χ0) is 18.8. The fourth-order valence-electron chi connectivity index (χ4n) is 3.42. The number of methoxy groups -OCH3 is 1. The van der Waals surface area contributed by atoms with Crippen molar-refractivity contribution in [1.82, 2.24) is 9.55 Å². The number of hydrogen-bond acceptors (Lipinski definition) is 4. The molecule has 0 aliphatic carbocycles. The number of imidazole rings is 1. The summed E-state index contributed by atoms with van der Waals surface area (Å²) in [6.07, 6.45) is 2.41. The van der Waals surface area contributed by atoms with Crippen LogP contribution in [0.2, 0.25) is 0 Å². The Hall–Kier alpha value is -1.98. The van der Waals surface area contributed by atoms with Gasteiger partial charge in [-0.05, 0) is 48.1 Å². The number of nitrogens with zero attached hydrogens (tertiary/aromatic N) is 2. The first kappa shape index (κ1) is 18.4. The molecule has 4 aromatic rings. The molecule has 0 unspecified atom stereocenters. The number of rotatable bonds is 7. The molecule has 0 aliphatic heterocycles. The molecule has 2 heterocycles. The Balaban J connectivity index is 1.79. The van der Waals surface area contributed by atoms with Crippen molar-refractivity contribution in [2.45, 2.75) is 38.4 Å². The highest BCUT2D eigenvalue weighted by atomic mass is 32.2. The van der Waals surface area contributed by atoms with E-state index in [4.69, 9.17) is 9.72 Å². The van der Waals surface area contributed by atoms with Gasteiger partial charge in [0.15, 0.2) is 5.16 Å².